The molecule has 34 heavy (non-hydrogen) atoms. The van der Waals surface area contributed by atoms with E-state index in [1.807, 2.05) is 6.92 Å². The standard InChI is InChI=1S/C27H40O7/c1-4-7-12-32-20-16-23(29)21(25(17-20)33-13-8-5-2)18-24(30)27(31)19-10-11-22(28)26(15-19)34-14-9-6-3/h10-11,15-17,24,27-31H,4-9,12-14,18H2,1-3H3/t24-,27-/m0/s1. The van der Waals surface area contributed by atoms with E-state index >= 15 is 0 Å². The van der Waals surface area contributed by atoms with Gasteiger partial charge < -0.3 is 34.6 Å². The van der Waals surface area contributed by atoms with Crippen molar-refractivity contribution in [1.29, 1.82) is 0 Å². The van der Waals surface area contributed by atoms with Crippen LogP contribution >= 0.6 is 0 Å². The highest BCUT2D eigenvalue weighted by molar-refractivity contribution is 5.50. The van der Waals surface area contributed by atoms with Gasteiger partial charge in [0.15, 0.2) is 11.5 Å². The summed E-state index contributed by atoms with van der Waals surface area (Å²) in [6, 6.07) is 7.74. The molecule has 2 atom stereocenters. The first-order chi connectivity index (χ1) is 16.4. The number of aliphatic hydroxyl groups is 2. The fourth-order valence-corrected chi connectivity index (χ4v) is 3.38. The maximum Gasteiger partial charge on any atom is 0.161 e. The van der Waals surface area contributed by atoms with Crippen LogP contribution in [0.4, 0.5) is 0 Å². The Kier molecular flexibility index (Phi) is 11.8. The summed E-state index contributed by atoms with van der Waals surface area (Å²) in [6.45, 7) is 7.63. The Hall–Kier alpha value is -2.64. The molecule has 0 aliphatic carbocycles. The average molecular weight is 477 g/mol. The van der Waals surface area contributed by atoms with Crippen LogP contribution in [0.3, 0.4) is 0 Å². The van der Waals surface area contributed by atoms with E-state index in [4.69, 9.17) is 14.2 Å². The Bertz CT molecular complexity index is 868. The molecule has 2 aromatic carbocycles. The fraction of sp³-hybridized carbons (Fsp3) is 0.556. The predicted octanol–water partition coefficient (Wildman–Crippen LogP) is 5.27. The van der Waals surface area contributed by atoms with Gasteiger partial charge in [-0.2, -0.15) is 0 Å². The summed E-state index contributed by atoms with van der Waals surface area (Å²) >= 11 is 0. The lowest BCUT2D eigenvalue weighted by molar-refractivity contribution is 0.0181. The van der Waals surface area contributed by atoms with Crippen molar-refractivity contribution in [3.8, 4) is 28.7 Å². The molecule has 0 radical (unpaired) electrons. The van der Waals surface area contributed by atoms with E-state index < -0.39 is 12.2 Å². The third-order valence-corrected chi connectivity index (χ3v) is 5.54. The SMILES string of the molecule is CCCCOc1cc(O)c(C[C@H](O)[C@@H](O)c2ccc(O)c(OCCCC)c2)c(OCCCC)c1. The molecule has 0 fully saturated rings. The van der Waals surface area contributed by atoms with E-state index in [1.54, 1.807) is 12.1 Å². The van der Waals surface area contributed by atoms with Crippen LogP contribution in [0.15, 0.2) is 30.3 Å². The molecule has 2 rings (SSSR count). The lowest BCUT2D eigenvalue weighted by atomic mass is 9.97. The Labute approximate surface area is 202 Å². The highest BCUT2D eigenvalue weighted by atomic mass is 16.5. The lowest BCUT2D eigenvalue weighted by Gasteiger charge is -2.22. The first-order valence-electron chi connectivity index (χ1n) is 12.3. The summed E-state index contributed by atoms with van der Waals surface area (Å²) in [7, 11) is 0. The highest BCUT2D eigenvalue weighted by Gasteiger charge is 2.24. The third-order valence-electron chi connectivity index (χ3n) is 5.54. The molecule has 0 aromatic heterocycles. The van der Waals surface area contributed by atoms with E-state index in [1.165, 1.54) is 18.2 Å². The van der Waals surface area contributed by atoms with Crippen molar-refractivity contribution >= 4 is 0 Å². The zero-order valence-electron chi connectivity index (χ0n) is 20.6. The zero-order valence-corrected chi connectivity index (χ0v) is 20.6. The summed E-state index contributed by atoms with van der Waals surface area (Å²) < 4.78 is 17.2. The minimum absolute atomic E-state index is 0.0236. The van der Waals surface area contributed by atoms with E-state index in [2.05, 4.69) is 13.8 Å². The van der Waals surface area contributed by atoms with Crippen LogP contribution in [0, 0.1) is 0 Å². The minimum atomic E-state index is -1.25. The van der Waals surface area contributed by atoms with Crippen molar-refractivity contribution in [2.45, 2.75) is 77.9 Å². The Morgan fingerprint density at radius 1 is 0.706 bits per heavy atom. The Balaban J connectivity index is 2.20. The topological polar surface area (TPSA) is 109 Å². The minimum Gasteiger partial charge on any atom is -0.507 e. The summed E-state index contributed by atoms with van der Waals surface area (Å²) in [4.78, 5) is 0. The first kappa shape index (κ1) is 27.6. The van der Waals surface area contributed by atoms with Crippen molar-refractivity contribution in [1.82, 2.24) is 0 Å². The fourth-order valence-electron chi connectivity index (χ4n) is 3.38. The van der Waals surface area contributed by atoms with E-state index in [0.29, 0.717) is 42.4 Å². The maximum atomic E-state index is 10.8. The predicted molar refractivity (Wildman–Crippen MR) is 132 cm³/mol. The first-order valence-corrected chi connectivity index (χ1v) is 12.3. The third kappa shape index (κ3) is 8.29. The number of hydrogen-bond acceptors (Lipinski definition) is 7. The molecular formula is C27H40O7. The van der Waals surface area contributed by atoms with Crippen molar-refractivity contribution < 1.29 is 34.6 Å². The van der Waals surface area contributed by atoms with E-state index in [0.717, 1.165) is 38.5 Å². The van der Waals surface area contributed by atoms with Gasteiger partial charge in [0.2, 0.25) is 0 Å². The number of rotatable bonds is 16. The smallest absolute Gasteiger partial charge is 0.161 e. The second kappa shape index (κ2) is 14.6. The van der Waals surface area contributed by atoms with Crippen LogP contribution in [0.5, 0.6) is 28.7 Å². The van der Waals surface area contributed by atoms with Crippen LogP contribution in [-0.2, 0) is 6.42 Å². The second-order valence-corrected chi connectivity index (χ2v) is 8.47. The average Bonchev–Trinajstić information content (AvgIpc) is 2.82. The molecular weight excluding hydrogens is 436 g/mol. The normalized spacial score (nSPS) is 12.9. The number of ether oxygens (including phenoxy) is 3. The molecule has 0 aliphatic rings. The molecule has 0 bridgehead atoms. The molecule has 7 heteroatoms. The van der Waals surface area contributed by atoms with Gasteiger partial charge in [0, 0.05) is 24.1 Å². The molecule has 0 saturated carbocycles. The monoisotopic (exact) mass is 476 g/mol. The van der Waals surface area contributed by atoms with Crippen molar-refractivity contribution in [2.75, 3.05) is 19.8 Å². The highest BCUT2D eigenvalue weighted by Crippen LogP contribution is 2.37. The summed E-state index contributed by atoms with van der Waals surface area (Å²) in [5.41, 5.74) is 0.813. The molecule has 0 amide bonds. The van der Waals surface area contributed by atoms with Gasteiger partial charge in [-0.15, -0.1) is 0 Å². The molecule has 7 nitrogen and oxygen atoms in total. The van der Waals surface area contributed by atoms with Gasteiger partial charge >= 0.3 is 0 Å². The van der Waals surface area contributed by atoms with Gasteiger partial charge in [-0.25, -0.2) is 0 Å². The molecule has 2 aromatic rings. The van der Waals surface area contributed by atoms with Crippen LogP contribution in [0.1, 0.15) is 76.5 Å². The molecule has 0 spiro atoms. The van der Waals surface area contributed by atoms with Crippen LogP contribution < -0.4 is 14.2 Å². The number of unbranched alkanes of at least 4 members (excludes halogenated alkanes) is 3. The van der Waals surface area contributed by atoms with Crippen LogP contribution in [-0.4, -0.2) is 46.4 Å². The number of benzene rings is 2. The van der Waals surface area contributed by atoms with Gasteiger partial charge in [0.1, 0.15) is 23.4 Å². The van der Waals surface area contributed by atoms with Crippen molar-refractivity contribution in [3.05, 3.63) is 41.5 Å². The van der Waals surface area contributed by atoms with Gasteiger partial charge in [0.05, 0.1) is 25.9 Å². The number of hydrogen-bond donors (Lipinski definition) is 4. The van der Waals surface area contributed by atoms with Crippen molar-refractivity contribution in [2.24, 2.45) is 0 Å². The second-order valence-electron chi connectivity index (χ2n) is 8.47. The van der Waals surface area contributed by atoms with E-state index in [9.17, 15) is 20.4 Å². The summed E-state index contributed by atoms with van der Waals surface area (Å²) in [5.74, 6) is 1.12. The molecule has 4 N–H and O–H groups in total. The van der Waals surface area contributed by atoms with Gasteiger partial charge in [-0.1, -0.05) is 46.1 Å². The quantitative estimate of drug-likeness (QED) is 0.244. The lowest BCUT2D eigenvalue weighted by Crippen LogP contribution is -2.21. The van der Waals surface area contributed by atoms with Crippen LogP contribution in [0.25, 0.3) is 0 Å². The Morgan fingerprint density at radius 3 is 1.91 bits per heavy atom. The van der Waals surface area contributed by atoms with Gasteiger partial charge in [-0.3, -0.25) is 0 Å². The van der Waals surface area contributed by atoms with Crippen molar-refractivity contribution in [3.63, 3.8) is 0 Å². The largest absolute Gasteiger partial charge is 0.507 e. The number of aromatic hydroxyl groups is 2. The van der Waals surface area contributed by atoms with Gasteiger partial charge in [-0.05, 0) is 37.0 Å². The molecule has 0 unspecified atom stereocenters. The summed E-state index contributed by atoms with van der Waals surface area (Å²) in [6.07, 6.45) is 2.99. The molecule has 0 heterocycles. The molecule has 0 aliphatic heterocycles. The molecule has 0 saturated heterocycles. The number of aliphatic hydroxyl groups excluding tert-OH is 2. The maximum absolute atomic E-state index is 10.8. The zero-order chi connectivity index (χ0) is 24.9. The van der Waals surface area contributed by atoms with Gasteiger partial charge in [0.25, 0.3) is 0 Å². The van der Waals surface area contributed by atoms with Crippen LogP contribution in [0.2, 0.25) is 0 Å². The number of phenolic OH excluding ortho intramolecular Hbond substituents is 2. The summed E-state index contributed by atoms with van der Waals surface area (Å²) in [5, 5.41) is 42.3. The Morgan fingerprint density at radius 2 is 1.29 bits per heavy atom. The number of phenols is 2. The molecule has 190 valence electrons. The van der Waals surface area contributed by atoms with E-state index in [-0.39, 0.29) is 23.7 Å².